The molecule has 1 aromatic rings. The molecule has 1 aliphatic carbocycles. The van der Waals surface area contributed by atoms with Crippen LogP contribution in [0.5, 0.6) is 0 Å². The van der Waals surface area contributed by atoms with Crippen LogP contribution in [0.3, 0.4) is 0 Å². The standard InChI is InChI=1S/C25H38N6O3/c1-3-34-24(33)27-19-31-14-8-7-11-22(31)28-21(17-20-9-5-4-6-10-20)23(32)29-25(18-26)12-15-30(2)16-13-25/h7-8,11,14,20-21H,3-6,9-10,12-13,15-17,19H2,1-2H3,(H,27,33)(H,29,32). The van der Waals surface area contributed by atoms with Gasteiger partial charge in [0, 0.05) is 19.3 Å². The normalized spacial score (nSPS) is 20.2. The highest BCUT2D eigenvalue weighted by Gasteiger charge is 2.37. The molecule has 1 aromatic heterocycles. The number of nitrogens with zero attached hydrogens (tertiary/aromatic N) is 4. The average Bonchev–Trinajstić information content (AvgIpc) is 2.85. The van der Waals surface area contributed by atoms with Gasteiger partial charge in [0.05, 0.1) is 19.3 Å². The van der Waals surface area contributed by atoms with Crippen LogP contribution >= 0.6 is 0 Å². The van der Waals surface area contributed by atoms with Crippen molar-refractivity contribution in [3.05, 3.63) is 29.9 Å². The Balaban J connectivity index is 1.83. The Morgan fingerprint density at radius 1 is 1.26 bits per heavy atom. The number of carbonyl (C=O) groups excluding carboxylic acids is 2. The molecule has 9 nitrogen and oxygen atoms in total. The predicted molar refractivity (Wildman–Crippen MR) is 128 cm³/mol. The molecule has 1 atom stereocenters. The van der Waals surface area contributed by atoms with Crippen molar-refractivity contribution in [1.82, 2.24) is 20.1 Å². The SMILES string of the molecule is CCOC(=O)NCn1ccccc1=NC(CC1CCCCC1)C(=O)NC1(C#N)CCN(C)CC1. The summed E-state index contributed by atoms with van der Waals surface area (Å²) < 4.78 is 6.73. The van der Waals surface area contributed by atoms with Gasteiger partial charge in [-0.15, -0.1) is 0 Å². The van der Waals surface area contributed by atoms with Gasteiger partial charge in [0.25, 0.3) is 0 Å². The number of amides is 2. The number of hydrogen-bond donors (Lipinski definition) is 2. The van der Waals surface area contributed by atoms with E-state index < -0.39 is 17.7 Å². The Hall–Kier alpha value is -2.86. The van der Waals surface area contributed by atoms with Gasteiger partial charge < -0.3 is 24.8 Å². The summed E-state index contributed by atoms with van der Waals surface area (Å²) >= 11 is 0. The van der Waals surface area contributed by atoms with Crippen molar-refractivity contribution in [3.63, 3.8) is 0 Å². The molecule has 186 valence electrons. The van der Waals surface area contributed by atoms with Crippen molar-refractivity contribution < 1.29 is 14.3 Å². The van der Waals surface area contributed by atoms with Crippen LogP contribution in [0, 0.1) is 17.2 Å². The third-order valence-electron chi connectivity index (χ3n) is 6.88. The molecule has 0 radical (unpaired) electrons. The average molecular weight is 471 g/mol. The molecule has 2 amide bonds. The fourth-order valence-corrected chi connectivity index (χ4v) is 4.75. The summed E-state index contributed by atoms with van der Waals surface area (Å²) in [6.45, 7) is 3.78. The van der Waals surface area contributed by atoms with Crippen molar-refractivity contribution in [2.75, 3.05) is 26.7 Å². The van der Waals surface area contributed by atoms with Gasteiger partial charge >= 0.3 is 6.09 Å². The largest absolute Gasteiger partial charge is 0.450 e. The molecule has 0 spiro atoms. The molecule has 2 heterocycles. The number of aromatic nitrogens is 1. The molecule has 1 unspecified atom stereocenters. The first-order valence-electron chi connectivity index (χ1n) is 12.5. The van der Waals surface area contributed by atoms with Crippen LogP contribution in [0.1, 0.15) is 58.3 Å². The molecule has 1 saturated heterocycles. The number of hydrogen-bond acceptors (Lipinski definition) is 6. The summed E-state index contributed by atoms with van der Waals surface area (Å²) in [7, 11) is 2.03. The lowest BCUT2D eigenvalue weighted by molar-refractivity contribution is -0.124. The molecule has 2 N–H and O–H groups in total. The molecule has 3 rings (SSSR count). The van der Waals surface area contributed by atoms with Crippen LogP contribution in [0.25, 0.3) is 0 Å². The second-order valence-corrected chi connectivity index (χ2v) is 9.46. The molecule has 2 aliphatic rings. The van der Waals surface area contributed by atoms with Gasteiger partial charge in [-0.25, -0.2) is 4.79 Å². The summed E-state index contributed by atoms with van der Waals surface area (Å²) in [6.07, 6.45) is 9.01. The molecule has 2 fully saturated rings. The first-order chi connectivity index (χ1) is 16.4. The number of alkyl carbamates (subject to hydrolysis) is 1. The Morgan fingerprint density at radius 3 is 2.68 bits per heavy atom. The minimum Gasteiger partial charge on any atom is -0.450 e. The van der Waals surface area contributed by atoms with Gasteiger partial charge in [-0.2, -0.15) is 5.26 Å². The first kappa shape index (κ1) is 25.8. The molecular formula is C25H38N6O3. The highest BCUT2D eigenvalue weighted by molar-refractivity contribution is 5.83. The van der Waals surface area contributed by atoms with E-state index in [0.29, 0.717) is 37.3 Å². The Bertz CT molecular complexity index is 923. The Kier molecular flexibility index (Phi) is 9.52. The molecule has 9 heteroatoms. The molecular weight excluding hydrogens is 432 g/mol. The van der Waals surface area contributed by atoms with E-state index >= 15 is 0 Å². The lowest BCUT2D eigenvalue weighted by atomic mass is 9.84. The molecule has 1 aliphatic heterocycles. The molecule has 0 aromatic carbocycles. The fourth-order valence-electron chi connectivity index (χ4n) is 4.75. The Labute approximate surface area is 202 Å². The summed E-state index contributed by atoms with van der Waals surface area (Å²) in [5.41, 5.74) is -0.244. The van der Waals surface area contributed by atoms with Gasteiger partial charge in [0.2, 0.25) is 5.91 Å². The Morgan fingerprint density at radius 2 is 2.00 bits per heavy atom. The molecule has 1 saturated carbocycles. The summed E-state index contributed by atoms with van der Waals surface area (Å²) in [5, 5.41) is 15.7. The fraction of sp³-hybridized carbons (Fsp3) is 0.680. The number of rotatable bonds is 8. The highest BCUT2D eigenvalue weighted by atomic mass is 16.5. The van der Waals surface area contributed by atoms with Crippen molar-refractivity contribution in [1.29, 1.82) is 5.26 Å². The summed E-state index contributed by atoms with van der Waals surface area (Å²) in [4.78, 5) is 32.3. The maximum atomic E-state index is 13.5. The summed E-state index contributed by atoms with van der Waals surface area (Å²) in [5.74, 6) is 0.254. The van der Waals surface area contributed by atoms with Crippen LogP contribution in [0.15, 0.2) is 29.4 Å². The number of ether oxygens (including phenoxy) is 1. The topological polar surface area (TPSA) is 112 Å². The van der Waals surface area contributed by atoms with Gasteiger partial charge in [0.15, 0.2) is 0 Å². The highest BCUT2D eigenvalue weighted by Crippen LogP contribution is 2.29. The van der Waals surface area contributed by atoms with Gasteiger partial charge in [-0.3, -0.25) is 9.79 Å². The van der Waals surface area contributed by atoms with E-state index in [9.17, 15) is 14.9 Å². The van der Waals surface area contributed by atoms with Crippen LogP contribution in [0.2, 0.25) is 0 Å². The zero-order valence-corrected chi connectivity index (χ0v) is 20.5. The van der Waals surface area contributed by atoms with E-state index in [2.05, 4.69) is 21.6 Å². The van der Waals surface area contributed by atoms with E-state index in [0.717, 1.165) is 25.9 Å². The zero-order chi connectivity index (χ0) is 24.4. The third-order valence-corrected chi connectivity index (χ3v) is 6.88. The van der Waals surface area contributed by atoms with Gasteiger partial charge in [-0.05, 0) is 51.3 Å². The lowest BCUT2D eigenvalue weighted by Gasteiger charge is -2.36. The van der Waals surface area contributed by atoms with Crippen LogP contribution in [-0.4, -0.2) is 59.8 Å². The van der Waals surface area contributed by atoms with E-state index in [4.69, 9.17) is 9.73 Å². The van der Waals surface area contributed by atoms with Crippen LogP contribution in [0.4, 0.5) is 4.79 Å². The number of carbonyl (C=O) groups is 2. The summed E-state index contributed by atoms with van der Waals surface area (Å²) in [6, 6.07) is 7.34. The van der Waals surface area contributed by atoms with E-state index in [-0.39, 0.29) is 12.6 Å². The van der Waals surface area contributed by atoms with Crippen molar-refractivity contribution in [3.8, 4) is 6.07 Å². The number of pyridine rings is 1. The minimum atomic E-state index is -0.845. The number of piperidine rings is 1. The number of nitrogens with one attached hydrogen (secondary N) is 2. The zero-order valence-electron chi connectivity index (χ0n) is 20.5. The maximum Gasteiger partial charge on any atom is 0.408 e. The first-order valence-corrected chi connectivity index (χ1v) is 12.5. The lowest BCUT2D eigenvalue weighted by Crippen LogP contribution is -2.56. The number of likely N-dealkylation sites (tertiary alicyclic amines) is 1. The van der Waals surface area contributed by atoms with E-state index in [1.165, 1.54) is 19.3 Å². The second kappa shape index (κ2) is 12.6. The second-order valence-electron chi connectivity index (χ2n) is 9.46. The smallest absolute Gasteiger partial charge is 0.408 e. The van der Waals surface area contributed by atoms with Gasteiger partial charge in [0.1, 0.15) is 17.1 Å². The minimum absolute atomic E-state index is 0.185. The quantitative estimate of drug-likeness (QED) is 0.606. The predicted octanol–water partition coefficient (Wildman–Crippen LogP) is 2.54. The maximum absolute atomic E-state index is 13.5. The van der Waals surface area contributed by atoms with Crippen LogP contribution in [-0.2, 0) is 16.2 Å². The third kappa shape index (κ3) is 7.32. The monoisotopic (exact) mass is 470 g/mol. The van der Waals surface area contributed by atoms with Crippen molar-refractivity contribution >= 4 is 12.0 Å². The van der Waals surface area contributed by atoms with Crippen molar-refractivity contribution in [2.45, 2.75) is 76.5 Å². The number of nitriles is 1. The van der Waals surface area contributed by atoms with Crippen molar-refractivity contribution in [2.24, 2.45) is 10.9 Å². The van der Waals surface area contributed by atoms with Gasteiger partial charge in [-0.1, -0.05) is 38.2 Å². The van der Waals surface area contributed by atoms with E-state index in [1.807, 2.05) is 31.4 Å². The molecule has 0 bridgehead atoms. The van der Waals surface area contributed by atoms with E-state index in [1.54, 1.807) is 11.5 Å². The van der Waals surface area contributed by atoms with Crippen LogP contribution < -0.4 is 16.1 Å². The molecule has 34 heavy (non-hydrogen) atoms.